The molecule has 0 aliphatic rings. The minimum absolute atomic E-state index is 0.0879. The largest absolute Gasteiger partial charge is 0.478 e. The maximum Gasteiger partial charge on any atom is 0.310 e. The van der Waals surface area contributed by atoms with E-state index in [9.17, 15) is 14.9 Å². The number of aryl methyl sites for hydroxylation is 1. The van der Waals surface area contributed by atoms with Crippen LogP contribution in [0.25, 0.3) is 10.9 Å². The van der Waals surface area contributed by atoms with Crippen molar-refractivity contribution in [2.75, 3.05) is 6.61 Å². The minimum Gasteiger partial charge on any atom is -0.478 e. The topological polar surface area (TPSA) is 85.2 Å². The van der Waals surface area contributed by atoms with Crippen LogP contribution in [0.1, 0.15) is 22.8 Å². The lowest BCUT2D eigenvalue weighted by molar-refractivity contribution is -0.385. The molecule has 2 aromatic carbocycles. The molecule has 0 saturated heterocycles. The molecule has 122 valence electrons. The summed E-state index contributed by atoms with van der Waals surface area (Å²) in [7, 11) is 0. The molecule has 0 aliphatic carbocycles. The number of hydrogen-bond donors (Lipinski definition) is 1. The Labute approximate surface area is 138 Å². The molecule has 0 spiro atoms. The van der Waals surface area contributed by atoms with Crippen molar-refractivity contribution in [1.29, 1.82) is 0 Å². The SMILES string of the molecule is CCc1cccc2c(C(=O)COc3ccccc3[N+](=O)[O-])c[nH]c12. The highest BCUT2D eigenvalue weighted by molar-refractivity contribution is 6.09. The highest BCUT2D eigenvalue weighted by atomic mass is 16.6. The number of ketones is 1. The summed E-state index contributed by atoms with van der Waals surface area (Å²) < 4.78 is 5.38. The number of aromatic nitrogens is 1. The number of rotatable bonds is 6. The summed E-state index contributed by atoms with van der Waals surface area (Å²) in [6.07, 6.45) is 2.52. The van der Waals surface area contributed by atoms with Gasteiger partial charge in [-0.25, -0.2) is 0 Å². The molecule has 1 heterocycles. The van der Waals surface area contributed by atoms with Crippen molar-refractivity contribution in [3.8, 4) is 5.75 Å². The molecule has 0 unspecified atom stereocenters. The third kappa shape index (κ3) is 2.86. The number of nitro groups is 1. The summed E-state index contributed by atoms with van der Waals surface area (Å²) in [5.74, 6) is -0.141. The van der Waals surface area contributed by atoms with E-state index in [1.54, 1.807) is 18.3 Å². The van der Waals surface area contributed by atoms with E-state index in [1.807, 2.05) is 18.2 Å². The van der Waals surface area contributed by atoms with Crippen molar-refractivity contribution >= 4 is 22.4 Å². The fourth-order valence-corrected chi connectivity index (χ4v) is 2.69. The molecule has 0 aliphatic heterocycles. The van der Waals surface area contributed by atoms with Crippen molar-refractivity contribution in [1.82, 2.24) is 4.98 Å². The van der Waals surface area contributed by atoms with E-state index in [1.165, 1.54) is 12.1 Å². The lowest BCUT2D eigenvalue weighted by atomic mass is 10.1. The molecular formula is C18H16N2O4. The molecule has 3 rings (SSSR count). The second kappa shape index (κ2) is 6.54. The zero-order chi connectivity index (χ0) is 17.1. The van der Waals surface area contributed by atoms with Gasteiger partial charge in [0.2, 0.25) is 5.78 Å². The van der Waals surface area contributed by atoms with Crippen LogP contribution >= 0.6 is 0 Å². The van der Waals surface area contributed by atoms with E-state index in [0.717, 1.165) is 22.9 Å². The second-order valence-electron chi connectivity index (χ2n) is 5.33. The number of aromatic amines is 1. The summed E-state index contributed by atoms with van der Waals surface area (Å²) in [6.45, 7) is 1.79. The van der Waals surface area contributed by atoms with Crippen molar-refractivity contribution in [3.05, 3.63) is 69.9 Å². The molecule has 0 atom stereocenters. The Morgan fingerprint density at radius 1 is 1.21 bits per heavy atom. The van der Waals surface area contributed by atoms with Gasteiger partial charge in [-0.2, -0.15) is 0 Å². The average molecular weight is 324 g/mol. The number of nitrogens with one attached hydrogen (secondary N) is 1. The van der Waals surface area contributed by atoms with E-state index in [2.05, 4.69) is 11.9 Å². The molecule has 1 aromatic heterocycles. The molecule has 0 fully saturated rings. The zero-order valence-corrected chi connectivity index (χ0v) is 13.1. The van der Waals surface area contributed by atoms with Gasteiger partial charge < -0.3 is 9.72 Å². The van der Waals surface area contributed by atoms with Gasteiger partial charge in [0, 0.05) is 28.7 Å². The van der Waals surface area contributed by atoms with Crippen LogP contribution in [-0.2, 0) is 6.42 Å². The monoisotopic (exact) mass is 324 g/mol. The number of fused-ring (bicyclic) bond motifs is 1. The number of hydrogen-bond acceptors (Lipinski definition) is 4. The highest BCUT2D eigenvalue weighted by Crippen LogP contribution is 2.27. The lowest BCUT2D eigenvalue weighted by Gasteiger charge is -2.06. The Balaban J connectivity index is 1.83. The van der Waals surface area contributed by atoms with Crippen LogP contribution < -0.4 is 4.74 Å². The maximum absolute atomic E-state index is 12.5. The van der Waals surface area contributed by atoms with Crippen LogP contribution in [0.3, 0.4) is 0 Å². The number of para-hydroxylation sites is 3. The molecule has 1 N–H and O–H groups in total. The molecule has 6 heteroatoms. The normalized spacial score (nSPS) is 10.7. The number of ether oxygens (including phenoxy) is 1. The number of nitrogens with zero attached hydrogens (tertiary/aromatic N) is 1. The fourth-order valence-electron chi connectivity index (χ4n) is 2.69. The molecule has 0 amide bonds. The molecule has 3 aromatic rings. The smallest absolute Gasteiger partial charge is 0.310 e. The zero-order valence-electron chi connectivity index (χ0n) is 13.1. The first-order valence-electron chi connectivity index (χ1n) is 7.60. The molecular weight excluding hydrogens is 308 g/mol. The summed E-state index contributed by atoms with van der Waals surface area (Å²) in [6, 6.07) is 11.8. The van der Waals surface area contributed by atoms with Crippen LogP contribution in [-0.4, -0.2) is 22.3 Å². The molecule has 0 bridgehead atoms. The van der Waals surface area contributed by atoms with Gasteiger partial charge in [0.1, 0.15) is 0 Å². The number of benzene rings is 2. The van der Waals surface area contributed by atoms with Crippen LogP contribution in [0.2, 0.25) is 0 Å². The Hall–Kier alpha value is -3.15. The maximum atomic E-state index is 12.5. The van der Waals surface area contributed by atoms with Gasteiger partial charge in [-0.3, -0.25) is 14.9 Å². The summed E-state index contributed by atoms with van der Waals surface area (Å²) >= 11 is 0. The van der Waals surface area contributed by atoms with Crippen LogP contribution in [0.4, 0.5) is 5.69 Å². The van der Waals surface area contributed by atoms with Gasteiger partial charge in [0.15, 0.2) is 12.4 Å². The molecule has 24 heavy (non-hydrogen) atoms. The molecule has 0 radical (unpaired) electrons. The van der Waals surface area contributed by atoms with Gasteiger partial charge in [-0.15, -0.1) is 0 Å². The molecule has 0 saturated carbocycles. The highest BCUT2D eigenvalue weighted by Gasteiger charge is 2.18. The predicted molar refractivity (Wildman–Crippen MR) is 90.6 cm³/mol. The first-order chi connectivity index (χ1) is 11.6. The van der Waals surface area contributed by atoms with E-state index in [0.29, 0.717) is 5.56 Å². The van der Waals surface area contributed by atoms with Crippen LogP contribution in [0.15, 0.2) is 48.7 Å². The van der Waals surface area contributed by atoms with Gasteiger partial charge >= 0.3 is 5.69 Å². The number of H-pyrrole nitrogens is 1. The molecule has 6 nitrogen and oxygen atoms in total. The average Bonchev–Trinajstić information content (AvgIpc) is 3.04. The summed E-state index contributed by atoms with van der Waals surface area (Å²) in [4.78, 5) is 26.0. The Morgan fingerprint density at radius 3 is 2.75 bits per heavy atom. The van der Waals surface area contributed by atoms with Crippen LogP contribution in [0, 0.1) is 10.1 Å². The van der Waals surface area contributed by atoms with Crippen LogP contribution in [0.5, 0.6) is 5.75 Å². The van der Waals surface area contributed by atoms with E-state index in [-0.39, 0.29) is 23.8 Å². The predicted octanol–water partition coefficient (Wildman–Crippen LogP) is 3.90. The van der Waals surface area contributed by atoms with Crippen molar-refractivity contribution in [2.45, 2.75) is 13.3 Å². The first-order valence-corrected chi connectivity index (χ1v) is 7.60. The number of nitro benzene ring substituents is 1. The Kier molecular flexibility index (Phi) is 4.29. The van der Waals surface area contributed by atoms with Gasteiger partial charge in [-0.1, -0.05) is 37.3 Å². The third-order valence-corrected chi connectivity index (χ3v) is 3.90. The first kappa shape index (κ1) is 15.7. The van der Waals surface area contributed by atoms with Gasteiger partial charge in [0.25, 0.3) is 0 Å². The van der Waals surface area contributed by atoms with Crippen molar-refractivity contribution in [2.24, 2.45) is 0 Å². The quantitative estimate of drug-likeness (QED) is 0.423. The van der Waals surface area contributed by atoms with E-state index in [4.69, 9.17) is 4.74 Å². The summed E-state index contributed by atoms with van der Waals surface area (Å²) in [5, 5.41) is 11.8. The number of carbonyl (C=O) groups is 1. The Bertz CT molecular complexity index is 914. The Morgan fingerprint density at radius 2 is 2.00 bits per heavy atom. The summed E-state index contributed by atoms with van der Waals surface area (Å²) in [5.41, 5.74) is 2.44. The lowest BCUT2D eigenvalue weighted by Crippen LogP contribution is -2.12. The van der Waals surface area contributed by atoms with E-state index >= 15 is 0 Å². The van der Waals surface area contributed by atoms with Crippen molar-refractivity contribution in [3.63, 3.8) is 0 Å². The number of carbonyl (C=O) groups excluding carboxylic acids is 1. The fraction of sp³-hybridized carbons (Fsp3) is 0.167. The standard InChI is InChI=1S/C18H16N2O4/c1-2-12-6-5-7-13-14(10-19-18(12)13)16(21)11-24-17-9-4-3-8-15(17)20(22)23/h3-10,19H,2,11H2,1H3. The van der Waals surface area contributed by atoms with Gasteiger partial charge in [0.05, 0.1) is 4.92 Å². The van der Waals surface area contributed by atoms with E-state index < -0.39 is 4.92 Å². The van der Waals surface area contributed by atoms with Gasteiger partial charge in [-0.05, 0) is 18.1 Å². The number of Topliss-reactive ketones (excluding diaryl/α,β-unsaturated/α-hetero) is 1. The second-order valence-corrected chi connectivity index (χ2v) is 5.33. The third-order valence-electron chi connectivity index (χ3n) is 3.90. The van der Waals surface area contributed by atoms with Crippen molar-refractivity contribution < 1.29 is 14.5 Å². The minimum atomic E-state index is -0.529.